The molecule has 1 saturated heterocycles. The fraction of sp³-hybridized carbons (Fsp3) is 0.786. The Labute approximate surface area is 152 Å². The summed E-state index contributed by atoms with van der Waals surface area (Å²) in [5.41, 5.74) is 4.91. The molecule has 156 valence electrons. The summed E-state index contributed by atoms with van der Waals surface area (Å²) in [5.74, 6) is -7.47. The van der Waals surface area contributed by atoms with Crippen molar-refractivity contribution < 1.29 is 52.7 Å². The first-order chi connectivity index (χ1) is 12.5. The molecule has 27 heavy (non-hydrogen) atoms. The highest BCUT2D eigenvalue weighted by Gasteiger charge is 2.64. The van der Waals surface area contributed by atoms with Crippen molar-refractivity contribution in [2.45, 2.75) is 49.4 Å². The number of rotatable bonds is 8. The molecule has 1 aliphatic heterocycles. The Morgan fingerprint density at radius 2 is 1.96 bits per heavy atom. The van der Waals surface area contributed by atoms with Crippen molar-refractivity contribution in [1.29, 1.82) is 0 Å². The molecule has 6 N–H and O–H groups in total. The molecule has 0 bridgehead atoms. The molecule has 2 amide bonds. The normalized spacial score (nSPS) is 33.0. The number of nitrogens with two attached hydrogens (primary N) is 1. The molecule has 11 nitrogen and oxygen atoms in total. The number of esters is 1. The first-order valence-corrected chi connectivity index (χ1v) is 7.72. The topological polar surface area (TPSA) is 178 Å². The Bertz CT molecular complexity index is 567. The summed E-state index contributed by atoms with van der Waals surface area (Å²) in [6.45, 7) is -0.914. The first kappa shape index (κ1) is 23.1. The summed E-state index contributed by atoms with van der Waals surface area (Å²) in [6, 6.07) is -1.67. The van der Waals surface area contributed by atoms with Gasteiger partial charge in [-0.15, -0.1) is 0 Å². The Hall–Kier alpha value is -1.93. The summed E-state index contributed by atoms with van der Waals surface area (Å²) >= 11 is 0. The Morgan fingerprint density at radius 3 is 2.41 bits per heavy atom. The summed E-state index contributed by atoms with van der Waals surface area (Å²) in [7, 11) is 0.743. The Balaban J connectivity index is 3.38. The van der Waals surface area contributed by atoms with Crippen LogP contribution in [-0.2, 0) is 28.6 Å². The van der Waals surface area contributed by atoms with Crippen LogP contribution in [0.25, 0.3) is 0 Å². The van der Waals surface area contributed by atoms with Crippen LogP contribution in [0.4, 0.5) is 8.78 Å². The van der Waals surface area contributed by atoms with E-state index in [-0.39, 0.29) is 0 Å². The van der Waals surface area contributed by atoms with Gasteiger partial charge in [0, 0.05) is 6.92 Å². The lowest BCUT2D eigenvalue weighted by molar-refractivity contribution is -0.298. The van der Waals surface area contributed by atoms with Gasteiger partial charge in [0.15, 0.2) is 6.17 Å². The van der Waals surface area contributed by atoms with Gasteiger partial charge in [0.1, 0.15) is 31.0 Å². The third-order valence-corrected chi connectivity index (χ3v) is 3.83. The fourth-order valence-electron chi connectivity index (χ4n) is 2.59. The lowest BCUT2D eigenvalue weighted by Crippen LogP contribution is -2.72. The standard InChI is InChI=1S/C14H22F2N2O9/c1-5(20)18-8-10(9(23)6(21)3-19)27-14(16,13(24)25-2)12(15)11(8)26-4-7(17)22/h6,8-12,19,21,23H,3-4H2,1-2H3,(H2,17,22)(H,18,20)/t6-,8+,9-,10-,11-,12+,14+/m1/s1. The average Bonchev–Trinajstić information content (AvgIpc) is 2.61. The van der Waals surface area contributed by atoms with Gasteiger partial charge in [-0.2, -0.15) is 4.39 Å². The van der Waals surface area contributed by atoms with E-state index in [4.69, 9.17) is 20.3 Å². The molecule has 13 heteroatoms. The van der Waals surface area contributed by atoms with Crippen LogP contribution in [0.1, 0.15) is 6.92 Å². The maximum atomic E-state index is 15.0. The molecule has 7 atom stereocenters. The van der Waals surface area contributed by atoms with Gasteiger partial charge < -0.3 is 40.6 Å². The number of nitrogens with one attached hydrogen (secondary N) is 1. The second kappa shape index (κ2) is 9.32. The van der Waals surface area contributed by atoms with E-state index in [1.165, 1.54) is 0 Å². The van der Waals surface area contributed by atoms with Crippen LogP contribution in [0.15, 0.2) is 0 Å². The molecule has 0 aliphatic carbocycles. The van der Waals surface area contributed by atoms with E-state index >= 15 is 0 Å². The van der Waals surface area contributed by atoms with Gasteiger partial charge in [-0.1, -0.05) is 0 Å². The number of alkyl halides is 2. The molecule has 1 rings (SSSR count). The summed E-state index contributed by atoms with van der Waals surface area (Å²) in [6.07, 6.45) is -10.9. The maximum absolute atomic E-state index is 15.0. The third kappa shape index (κ3) is 5.07. The van der Waals surface area contributed by atoms with Gasteiger partial charge in [-0.05, 0) is 0 Å². The molecule has 0 saturated carbocycles. The molecule has 0 unspecified atom stereocenters. The summed E-state index contributed by atoms with van der Waals surface area (Å²) in [5, 5.41) is 30.9. The Kier molecular flexibility index (Phi) is 7.98. The van der Waals surface area contributed by atoms with Crippen molar-refractivity contribution >= 4 is 17.8 Å². The molecule has 0 aromatic carbocycles. The zero-order chi connectivity index (χ0) is 20.9. The van der Waals surface area contributed by atoms with E-state index in [2.05, 4.69) is 10.1 Å². The zero-order valence-corrected chi connectivity index (χ0v) is 14.5. The second-order valence-electron chi connectivity index (χ2n) is 5.83. The number of primary amides is 1. The molecule has 0 spiro atoms. The van der Waals surface area contributed by atoms with Gasteiger partial charge in [0.2, 0.25) is 11.8 Å². The lowest BCUT2D eigenvalue weighted by Gasteiger charge is -2.47. The highest BCUT2D eigenvalue weighted by atomic mass is 19.2. The van der Waals surface area contributed by atoms with Crippen molar-refractivity contribution in [3.63, 3.8) is 0 Å². The highest BCUT2D eigenvalue weighted by molar-refractivity contribution is 5.79. The zero-order valence-electron chi connectivity index (χ0n) is 14.5. The molecule has 1 aliphatic rings. The van der Waals surface area contributed by atoms with Crippen LogP contribution in [-0.4, -0.2) is 95.9 Å². The van der Waals surface area contributed by atoms with Gasteiger partial charge in [-0.25, -0.2) is 9.18 Å². The molecular weight excluding hydrogens is 378 g/mol. The predicted molar refractivity (Wildman–Crippen MR) is 81.3 cm³/mol. The minimum atomic E-state index is -3.80. The van der Waals surface area contributed by atoms with Crippen LogP contribution >= 0.6 is 0 Å². The highest BCUT2D eigenvalue weighted by Crippen LogP contribution is 2.37. The number of ether oxygens (including phenoxy) is 3. The molecule has 1 heterocycles. The largest absolute Gasteiger partial charge is 0.465 e. The average molecular weight is 400 g/mol. The van der Waals surface area contributed by atoms with Gasteiger partial charge in [0.05, 0.1) is 19.8 Å². The van der Waals surface area contributed by atoms with Crippen molar-refractivity contribution in [2.24, 2.45) is 5.73 Å². The van der Waals surface area contributed by atoms with E-state index in [1.54, 1.807) is 0 Å². The predicted octanol–water partition coefficient (Wildman–Crippen LogP) is -3.35. The number of aliphatic hydroxyl groups excluding tert-OH is 3. The SMILES string of the molecule is COC(=O)[C@@]1(F)O[C@@H]([C@H](O)[C@H](O)CO)[C@H](NC(C)=O)[C@@H](OCC(N)=O)[C@@H]1F. The molecule has 0 radical (unpaired) electrons. The maximum Gasteiger partial charge on any atom is 0.375 e. The van der Waals surface area contributed by atoms with Crippen LogP contribution in [0, 0.1) is 0 Å². The van der Waals surface area contributed by atoms with Crippen LogP contribution in [0.5, 0.6) is 0 Å². The van der Waals surface area contributed by atoms with E-state index < -0.39 is 73.5 Å². The van der Waals surface area contributed by atoms with E-state index in [1.807, 2.05) is 0 Å². The molecular formula is C14H22F2N2O9. The monoisotopic (exact) mass is 400 g/mol. The van der Waals surface area contributed by atoms with Crippen LogP contribution < -0.4 is 11.1 Å². The number of aliphatic hydroxyl groups is 3. The number of carbonyl (C=O) groups excluding carboxylic acids is 3. The fourth-order valence-corrected chi connectivity index (χ4v) is 2.59. The quantitative estimate of drug-likeness (QED) is 0.260. The second-order valence-corrected chi connectivity index (χ2v) is 5.83. The van der Waals surface area contributed by atoms with Crippen molar-refractivity contribution in [1.82, 2.24) is 5.32 Å². The molecule has 0 aromatic rings. The van der Waals surface area contributed by atoms with E-state index in [0.29, 0.717) is 0 Å². The molecule has 1 fully saturated rings. The van der Waals surface area contributed by atoms with Crippen molar-refractivity contribution in [2.75, 3.05) is 20.3 Å². The number of hydrogen-bond donors (Lipinski definition) is 5. The summed E-state index contributed by atoms with van der Waals surface area (Å²) < 4.78 is 43.6. The van der Waals surface area contributed by atoms with Gasteiger partial charge in [0.25, 0.3) is 0 Å². The number of methoxy groups -OCH3 is 1. The number of hydrogen-bond acceptors (Lipinski definition) is 9. The number of halogens is 2. The van der Waals surface area contributed by atoms with Crippen LogP contribution in [0.2, 0.25) is 0 Å². The minimum Gasteiger partial charge on any atom is -0.465 e. The number of amides is 2. The number of carbonyl (C=O) groups is 3. The van der Waals surface area contributed by atoms with E-state index in [0.717, 1.165) is 14.0 Å². The van der Waals surface area contributed by atoms with Crippen LogP contribution in [0.3, 0.4) is 0 Å². The summed E-state index contributed by atoms with van der Waals surface area (Å²) in [4.78, 5) is 34.1. The first-order valence-electron chi connectivity index (χ1n) is 7.72. The third-order valence-electron chi connectivity index (χ3n) is 3.83. The van der Waals surface area contributed by atoms with Gasteiger partial charge >= 0.3 is 11.8 Å². The van der Waals surface area contributed by atoms with Crippen molar-refractivity contribution in [3.05, 3.63) is 0 Å². The smallest absolute Gasteiger partial charge is 0.375 e. The Morgan fingerprint density at radius 1 is 1.37 bits per heavy atom. The minimum absolute atomic E-state index is 0.743. The van der Waals surface area contributed by atoms with Crippen molar-refractivity contribution in [3.8, 4) is 0 Å². The van der Waals surface area contributed by atoms with E-state index in [9.17, 15) is 33.4 Å². The lowest BCUT2D eigenvalue weighted by atomic mass is 9.87. The molecule has 0 aromatic heterocycles. The van der Waals surface area contributed by atoms with Gasteiger partial charge in [-0.3, -0.25) is 9.59 Å².